The van der Waals surface area contributed by atoms with Crippen molar-refractivity contribution >= 4 is 22.3 Å². The van der Waals surface area contributed by atoms with Gasteiger partial charge in [0.1, 0.15) is 0 Å². The predicted molar refractivity (Wildman–Crippen MR) is 94.0 cm³/mol. The summed E-state index contributed by atoms with van der Waals surface area (Å²) in [6, 6.07) is 12.7. The third kappa shape index (κ3) is 1.12. The van der Waals surface area contributed by atoms with Crippen molar-refractivity contribution in [3.8, 4) is 0 Å². The fourth-order valence-corrected chi connectivity index (χ4v) is 5.99. The average molecular weight is 316 g/mol. The topological polar surface area (TPSA) is 34.1 Å². The molecule has 0 amide bonds. The molecular formula is C22H20O2. The minimum atomic E-state index is -0.633. The maximum Gasteiger partial charge on any atom is 0.166 e. The van der Waals surface area contributed by atoms with Gasteiger partial charge in [0.2, 0.25) is 0 Å². The van der Waals surface area contributed by atoms with Gasteiger partial charge in [-0.15, -0.1) is 0 Å². The molecule has 0 radical (unpaired) electrons. The third-order valence-electron chi connectivity index (χ3n) is 7.48. The zero-order valence-corrected chi connectivity index (χ0v) is 14.4. The molecule has 0 spiro atoms. The summed E-state index contributed by atoms with van der Waals surface area (Å²) in [5, 5.41) is 2.48. The van der Waals surface area contributed by atoms with Crippen LogP contribution in [0.5, 0.6) is 0 Å². The van der Waals surface area contributed by atoms with Crippen LogP contribution in [0, 0.1) is 10.8 Å². The van der Waals surface area contributed by atoms with E-state index in [4.69, 9.17) is 0 Å². The van der Waals surface area contributed by atoms with Crippen molar-refractivity contribution in [1.29, 1.82) is 0 Å². The van der Waals surface area contributed by atoms with Crippen LogP contribution in [0.4, 0.5) is 0 Å². The van der Waals surface area contributed by atoms with Gasteiger partial charge in [-0.1, -0.05) is 50.2 Å². The molecule has 1 saturated carbocycles. The number of allylic oxidation sites excluding steroid dienone is 2. The van der Waals surface area contributed by atoms with E-state index in [1.54, 1.807) is 0 Å². The summed E-state index contributed by atoms with van der Waals surface area (Å²) >= 11 is 0. The zero-order chi connectivity index (χ0) is 17.0. The molecule has 0 saturated heterocycles. The fraction of sp³-hybridized carbons (Fsp3) is 0.364. The number of rotatable bonds is 0. The van der Waals surface area contributed by atoms with Crippen LogP contribution in [-0.4, -0.2) is 11.6 Å². The van der Waals surface area contributed by atoms with Gasteiger partial charge < -0.3 is 0 Å². The van der Waals surface area contributed by atoms with Crippen molar-refractivity contribution in [3.05, 3.63) is 58.7 Å². The lowest BCUT2D eigenvalue weighted by atomic mass is 9.34. The van der Waals surface area contributed by atoms with Crippen LogP contribution >= 0.6 is 0 Å². The normalized spacial score (nSPS) is 36.7. The number of benzene rings is 2. The molecule has 4 atom stereocenters. The van der Waals surface area contributed by atoms with Crippen LogP contribution in [0.3, 0.4) is 0 Å². The van der Waals surface area contributed by atoms with Crippen molar-refractivity contribution in [2.24, 2.45) is 10.8 Å². The van der Waals surface area contributed by atoms with Crippen LogP contribution in [0.25, 0.3) is 10.8 Å². The van der Waals surface area contributed by atoms with Crippen molar-refractivity contribution in [1.82, 2.24) is 0 Å². The highest BCUT2D eigenvalue weighted by atomic mass is 16.1. The Balaban J connectivity index is 1.88. The highest BCUT2D eigenvalue weighted by Gasteiger charge is 2.77. The lowest BCUT2D eigenvalue weighted by molar-refractivity contribution is -0.169. The molecule has 0 aliphatic heterocycles. The van der Waals surface area contributed by atoms with Gasteiger partial charge >= 0.3 is 0 Å². The van der Waals surface area contributed by atoms with Crippen LogP contribution in [0.15, 0.2) is 47.5 Å². The molecule has 5 rings (SSSR count). The summed E-state index contributed by atoms with van der Waals surface area (Å²) < 4.78 is 0. The Hall–Kier alpha value is -2.22. The van der Waals surface area contributed by atoms with E-state index >= 15 is 0 Å². The molecule has 1 fully saturated rings. The van der Waals surface area contributed by atoms with E-state index in [0.29, 0.717) is 11.1 Å². The van der Waals surface area contributed by atoms with Gasteiger partial charge in [0.05, 0.1) is 10.8 Å². The third-order valence-corrected chi connectivity index (χ3v) is 7.48. The lowest BCUT2D eigenvalue weighted by Crippen LogP contribution is -2.68. The Bertz CT molecular complexity index is 935. The Kier molecular flexibility index (Phi) is 2.29. The number of Topliss-reactive ketones (excluding diaryl/α,β-unsaturated/α-hetero) is 2. The smallest absolute Gasteiger partial charge is 0.166 e. The maximum atomic E-state index is 13.3. The second-order valence-corrected chi connectivity index (χ2v) is 8.06. The first-order valence-electron chi connectivity index (χ1n) is 8.63. The van der Waals surface area contributed by atoms with E-state index in [2.05, 4.69) is 36.4 Å². The van der Waals surface area contributed by atoms with Crippen LogP contribution in [0.1, 0.15) is 50.7 Å². The molecule has 2 aromatic carbocycles. The Labute approximate surface area is 141 Å². The fourth-order valence-electron chi connectivity index (χ4n) is 5.99. The van der Waals surface area contributed by atoms with Crippen LogP contribution in [-0.2, 0) is 9.59 Å². The first kappa shape index (κ1) is 14.2. The maximum absolute atomic E-state index is 13.3. The van der Waals surface area contributed by atoms with Crippen molar-refractivity contribution in [2.45, 2.75) is 39.5 Å². The van der Waals surface area contributed by atoms with E-state index in [1.165, 1.54) is 21.9 Å². The minimum Gasteiger partial charge on any atom is -0.294 e. The number of ketones is 2. The van der Waals surface area contributed by atoms with Crippen LogP contribution in [0.2, 0.25) is 0 Å². The predicted octanol–water partition coefficient (Wildman–Crippen LogP) is 4.54. The van der Waals surface area contributed by atoms with Gasteiger partial charge in [0.25, 0.3) is 0 Å². The summed E-state index contributed by atoms with van der Waals surface area (Å²) in [6.07, 6.45) is 0. The molecule has 0 bridgehead atoms. The SMILES string of the molecule is CC1=C(C)C(=O)[C@]2(C)[C@@H]3c4cccc5cccc(c45)[C@@H]3[C@]2(C)C1=O. The molecule has 3 aliphatic carbocycles. The molecule has 3 aliphatic rings. The van der Waals surface area contributed by atoms with Crippen molar-refractivity contribution in [2.75, 3.05) is 0 Å². The molecular weight excluding hydrogens is 296 g/mol. The van der Waals surface area contributed by atoms with E-state index in [-0.39, 0.29) is 23.4 Å². The molecule has 120 valence electrons. The van der Waals surface area contributed by atoms with E-state index in [0.717, 1.165) is 0 Å². The summed E-state index contributed by atoms with van der Waals surface area (Å²) in [6.45, 7) is 7.68. The summed E-state index contributed by atoms with van der Waals surface area (Å²) in [7, 11) is 0. The minimum absolute atomic E-state index is 0.114. The second kappa shape index (κ2) is 3.88. The van der Waals surface area contributed by atoms with Crippen molar-refractivity contribution in [3.63, 3.8) is 0 Å². The van der Waals surface area contributed by atoms with Gasteiger partial charge in [0.15, 0.2) is 11.6 Å². The number of carbonyl (C=O) groups is 2. The Morgan fingerprint density at radius 3 is 1.58 bits per heavy atom. The number of hydrogen-bond acceptors (Lipinski definition) is 2. The van der Waals surface area contributed by atoms with E-state index < -0.39 is 10.8 Å². The molecule has 0 aromatic heterocycles. The van der Waals surface area contributed by atoms with Gasteiger partial charge in [-0.05, 0) is 46.9 Å². The van der Waals surface area contributed by atoms with Gasteiger partial charge in [-0.2, -0.15) is 0 Å². The first-order chi connectivity index (χ1) is 11.3. The summed E-state index contributed by atoms with van der Waals surface area (Å²) in [5.74, 6) is 0.549. The number of fused-ring (bicyclic) bond motifs is 6. The van der Waals surface area contributed by atoms with Gasteiger partial charge in [-0.3, -0.25) is 9.59 Å². The molecule has 2 nitrogen and oxygen atoms in total. The molecule has 0 heterocycles. The molecule has 0 N–H and O–H groups in total. The molecule has 24 heavy (non-hydrogen) atoms. The van der Waals surface area contributed by atoms with E-state index in [9.17, 15) is 9.59 Å². The summed E-state index contributed by atoms with van der Waals surface area (Å²) in [5.41, 5.74) is 2.54. The second-order valence-electron chi connectivity index (χ2n) is 8.06. The standard InChI is InChI=1S/C22H20O2/c1-11-12(2)20(24)22(4)18-15-10-6-8-13-7-5-9-14(16(13)15)17(18)21(22,3)19(11)23/h5-10,17-18H,1-4H3/t17-,18+,21+,22-. The Morgan fingerprint density at radius 2 is 1.17 bits per heavy atom. The largest absolute Gasteiger partial charge is 0.294 e. The average Bonchev–Trinajstić information content (AvgIpc) is 2.92. The Morgan fingerprint density at radius 1 is 0.750 bits per heavy atom. The van der Waals surface area contributed by atoms with E-state index in [1.807, 2.05) is 27.7 Å². The van der Waals surface area contributed by atoms with Crippen molar-refractivity contribution < 1.29 is 9.59 Å². The van der Waals surface area contributed by atoms with Gasteiger partial charge in [0, 0.05) is 11.8 Å². The molecule has 2 heteroatoms. The summed E-state index contributed by atoms with van der Waals surface area (Å²) in [4.78, 5) is 26.5. The highest BCUT2D eigenvalue weighted by molar-refractivity contribution is 6.20. The molecule has 2 aromatic rings. The number of carbonyl (C=O) groups excluding carboxylic acids is 2. The number of hydrogen-bond donors (Lipinski definition) is 0. The lowest BCUT2D eigenvalue weighted by Gasteiger charge is -2.65. The zero-order valence-electron chi connectivity index (χ0n) is 14.4. The first-order valence-corrected chi connectivity index (χ1v) is 8.63. The highest BCUT2D eigenvalue weighted by Crippen LogP contribution is 2.78. The monoisotopic (exact) mass is 316 g/mol. The van der Waals surface area contributed by atoms with Gasteiger partial charge in [-0.25, -0.2) is 0 Å². The molecule has 0 unspecified atom stereocenters. The quantitative estimate of drug-likeness (QED) is 0.715. The van der Waals surface area contributed by atoms with Crippen LogP contribution < -0.4 is 0 Å².